The summed E-state index contributed by atoms with van der Waals surface area (Å²) in [6, 6.07) is 23.1. The predicted octanol–water partition coefficient (Wildman–Crippen LogP) is 17.5. The summed E-state index contributed by atoms with van der Waals surface area (Å²) in [5.41, 5.74) is 13.7. The average molecular weight is 877 g/mol. The number of rotatable bonds is 8. The summed E-state index contributed by atoms with van der Waals surface area (Å²) in [7, 11) is 0. The van der Waals surface area contributed by atoms with Crippen LogP contribution in [-0.2, 0) is 44.0 Å². The van der Waals surface area contributed by atoms with Crippen molar-refractivity contribution in [2.75, 3.05) is 0 Å². The first-order chi connectivity index (χ1) is 28.3. The summed E-state index contributed by atoms with van der Waals surface area (Å²) < 4.78 is 0. The largest absolute Gasteiger partial charge is 0.507 e. The standard InChI is InChI=1S/C58H84O2S2/c1-53(2,3)41-25-37(26-42(31-41)54(4,5)6)47-33-45(57(13,14)15)29-39(51(47)59)35-61-49-23-21-19-20-22-24-50(49)62-36-40-30-46(58(16,17)18)34-48(52(40)60)38-27-43(55(7,8)9)32-44(28-38)56(10,11)12/h25-34,49-50,59-60H,19-24,35-36H2,1-18H3/t49-,50?/m0/s1. The Morgan fingerprint density at radius 3 is 0.887 bits per heavy atom. The molecule has 4 aromatic carbocycles. The SMILES string of the molecule is CC(C)(C)c1cc(-c2cc(C(C)(C)C)cc(CSC3CCCCCC[C@@H]3SCc3cc(C(C)(C)C)cc(-c4cc(C(C)(C)C)cc(C(C)(C)C)c4)c3O)c2O)cc(C(C)(C)C)c1. The Bertz CT molecular complexity index is 1960. The molecule has 0 bridgehead atoms. The van der Waals surface area contributed by atoms with E-state index in [-0.39, 0.29) is 32.5 Å². The van der Waals surface area contributed by atoms with Gasteiger partial charge in [0.1, 0.15) is 11.5 Å². The molecule has 0 spiro atoms. The molecule has 2 nitrogen and oxygen atoms in total. The molecule has 1 aliphatic carbocycles. The topological polar surface area (TPSA) is 40.5 Å². The Labute approximate surface area is 388 Å². The van der Waals surface area contributed by atoms with Gasteiger partial charge in [0.15, 0.2) is 0 Å². The van der Waals surface area contributed by atoms with Gasteiger partial charge in [0.05, 0.1) is 0 Å². The van der Waals surface area contributed by atoms with Gasteiger partial charge in [0, 0.05) is 44.3 Å². The average Bonchev–Trinajstić information content (AvgIpc) is 3.12. The lowest BCUT2D eigenvalue weighted by Crippen LogP contribution is -2.22. The van der Waals surface area contributed by atoms with Crippen molar-refractivity contribution in [3.05, 3.63) is 105 Å². The second-order valence-electron chi connectivity index (χ2n) is 24.9. The van der Waals surface area contributed by atoms with E-state index in [1.807, 2.05) is 23.5 Å². The monoisotopic (exact) mass is 877 g/mol. The number of phenolic OH excluding ortho intramolecular Hbond substituents is 2. The molecule has 340 valence electrons. The van der Waals surface area contributed by atoms with E-state index in [0.717, 1.165) is 44.9 Å². The fraction of sp³-hybridized carbons (Fsp3) is 0.586. The van der Waals surface area contributed by atoms with Crippen molar-refractivity contribution < 1.29 is 10.2 Å². The Morgan fingerprint density at radius 1 is 0.371 bits per heavy atom. The van der Waals surface area contributed by atoms with Gasteiger partial charge in [-0.25, -0.2) is 0 Å². The molecule has 5 rings (SSSR count). The highest BCUT2D eigenvalue weighted by Crippen LogP contribution is 2.46. The van der Waals surface area contributed by atoms with Gasteiger partial charge in [0.2, 0.25) is 0 Å². The molecule has 2 N–H and O–H groups in total. The molecular formula is C58H84O2S2. The summed E-state index contributed by atoms with van der Waals surface area (Å²) in [5.74, 6) is 2.39. The van der Waals surface area contributed by atoms with Crippen LogP contribution in [-0.4, -0.2) is 20.7 Å². The molecule has 1 unspecified atom stereocenters. The van der Waals surface area contributed by atoms with Gasteiger partial charge in [-0.15, -0.1) is 0 Å². The van der Waals surface area contributed by atoms with Crippen LogP contribution >= 0.6 is 23.5 Å². The zero-order chi connectivity index (χ0) is 46.4. The lowest BCUT2D eigenvalue weighted by molar-refractivity contribution is 0.470. The van der Waals surface area contributed by atoms with Crippen molar-refractivity contribution in [1.82, 2.24) is 0 Å². The molecule has 2 atom stereocenters. The van der Waals surface area contributed by atoms with Gasteiger partial charge in [0.25, 0.3) is 0 Å². The Balaban J connectivity index is 1.52. The van der Waals surface area contributed by atoms with Gasteiger partial charge >= 0.3 is 0 Å². The van der Waals surface area contributed by atoms with E-state index in [1.54, 1.807) is 0 Å². The molecule has 62 heavy (non-hydrogen) atoms. The van der Waals surface area contributed by atoms with Crippen LogP contribution in [0.4, 0.5) is 0 Å². The molecule has 1 aliphatic rings. The van der Waals surface area contributed by atoms with Crippen LogP contribution in [0.3, 0.4) is 0 Å². The number of phenols is 2. The Kier molecular flexibility index (Phi) is 15.0. The first-order valence-electron chi connectivity index (χ1n) is 23.6. The first-order valence-corrected chi connectivity index (χ1v) is 25.7. The second kappa shape index (κ2) is 18.6. The van der Waals surface area contributed by atoms with Crippen molar-refractivity contribution in [2.45, 2.75) is 218 Å². The lowest BCUT2D eigenvalue weighted by Gasteiger charge is -2.30. The molecule has 1 fully saturated rings. The third-order valence-electron chi connectivity index (χ3n) is 13.1. The highest BCUT2D eigenvalue weighted by Gasteiger charge is 2.29. The maximum atomic E-state index is 12.3. The van der Waals surface area contributed by atoms with Crippen LogP contribution in [0.1, 0.15) is 208 Å². The summed E-state index contributed by atoms with van der Waals surface area (Å²) >= 11 is 4.09. The fourth-order valence-corrected chi connectivity index (χ4v) is 11.5. The van der Waals surface area contributed by atoms with Crippen molar-refractivity contribution >= 4 is 23.5 Å². The van der Waals surface area contributed by atoms with E-state index in [4.69, 9.17) is 0 Å². The van der Waals surface area contributed by atoms with Crippen molar-refractivity contribution in [2.24, 2.45) is 0 Å². The van der Waals surface area contributed by atoms with Gasteiger partial charge in [-0.2, -0.15) is 23.5 Å². The number of aromatic hydroxyl groups is 2. The highest BCUT2D eigenvalue weighted by molar-refractivity contribution is 8.03. The van der Waals surface area contributed by atoms with Crippen LogP contribution < -0.4 is 0 Å². The molecular weight excluding hydrogens is 793 g/mol. The summed E-state index contributed by atoms with van der Waals surface area (Å²) in [6.07, 6.45) is 7.38. The van der Waals surface area contributed by atoms with Crippen molar-refractivity contribution in [1.29, 1.82) is 0 Å². The Morgan fingerprint density at radius 2 is 0.629 bits per heavy atom. The van der Waals surface area contributed by atoms with E-state index in [1.165, 1.54) is 71.9 Å². The lowest BCUT2D eigenvalue weighted by atomic mass is 9.78. The van der Waals surface area contributed by atoms with E-state index in [9.17, 15) is 10.2 Å². The second-order valence-corrected chi connectivity index (χ2v) is 27.3. The first kappa shape index (κ1) is 50.2. The van der Waals surface area contributed by atoms with E-state index in [0.29, 0.717) is 22.0 Å². The molecule has 4 heteroatoms. The summed E-state index contributed by atoms with van der Waals surface area (Å²) in [5, 5.41) is 25.5. The minimum absolute atomic E-state index is 0.0175. The van der Waals surface area contributed by atoms with Gasteiger partial charge in [-0.1, -0.05) is 199 Å². The maximum Gasteiger partial charge on any atom is 0.127 e. The van der Waals surface area contributed by atoms with E-state index < -0.39 is 0 Å². The van der Waals surface area contributed by atoms with Crippen molar-refractivity contribution in [3.8, 4) is 33.8 Å². The number of hydrogen-bond acceptors (Lipinski definition) is 4. The third-order valence-corrected chi connectivity index (χ3v) is 16.2. The number of thioether (sulfide) groups is 2. The zero-order valence-electron chi connectivity index (χ0n) is 42.3. The molecule has 0 aromatic heterocycles. The summed E-state index contributed by atoms with van der Waals surface area (Å²) in [6.45, 7) is 41.1. The van der Waals surface area contributed by atoms with Crippen LogP contribution in [0.15, 0.2) is 60.7 Å². The normalized spacial score (nSPS) is 17.5. The van der Waals surface area contributed by atoms with Crippen LogP contribution in [0.25, 0.3) is 22.3 Å². The third kappa shape index (κ3) is 12.5. The summed E-state index contributed by atoms with van der Waals surface area (Å²) in [4.78, 5) is 0. The minimum Gasteiger partial charge on any atom is -0.507 e. The van der Waals surface area contributed by atoms with Gasteiger partial charge < -0.3 is 10.2 Å². The van der Waals surface area contributed by atoms with Crippen LogP contribution in [0, 0.1) is 0 Å². The molecule has 0 aliphatic heterocycles. The number of hydrogen-bond donors (Lipinski definition) is 2. The van der Waals surface area contributed by atoms with Crippen LogP contribution in [0.5, 0.6) is 11.5 Å². The minimum atomic E-state index is -0.0696. The molecule has 0 heterocycles. The van der Waals surface area contributed by atoms with E-state index >= 15 is 0 Å². The molecule has 4 aromatic rings. The fourth-order valence-electron chi connectivity index (χ4n) is 8.40. The zero-order valence-corrected chi connectivity index (χ0v) is 43.9. The van der Waals surface area contributed by atoms with Crippen molar-refractivity contribution in [3.63, 3.8) is 0 Å². The molecule has 1 saturated carbocycles. The Hall–Kier alpha value is -2.82. The van der Waals surface area contributed by atoms with Gasteiger partial charge in [-0.05, 0) is 102 Å². The van der Waals surface area contributed by atoms with E-state index in [2.05, 4.69) is 185 Å². The number of benzene rings is 4. The molecule has 0 amide bonds. The smallest absolute Gasteiger partial charge is 0.127 e. The van der Waals surface area contributed by atoms with Crippen LogP contribution in [0.2, 0.25) is 0 Å². The highest BCUT2D eigenvalue weighted by atomic mass is 32.2. The predicted molar refractivity (Wildman–Crippen MR) is 277 cm³/mol. The molecule has 0 radical (unpaired) electrons. The van der Waals surface area contributed by atoms with Gasteiger partial charge in [-0.3, -0.25) is 0 Å². The maximum absolute atomic E-state index is 12.3. The molecule has 0 saturated heterocycles. The quantitative estimate of drug-likeness (QED) is 0.185.